The Balaban J connectivity index is 1.49. The van der Waals surface area contributed by atoms with E-state index in [4.69, 9.17) is 0 Å². The van der Waals surface area contributed by atoms with Gasteiger partial charge in [0, 0.05) is 43.6 Å². The Kier molecular flexibility index (Phi) is 4.31. The van der Waals surface area contributed by atoms with Gasteiger partial charge in [0.2, 0.25) is 5.91 Å². The monoisotopic (exact) mass is 352 g/mol. The molecule has 4 nitrogen and oxygen atoms in total. The van der Waals surface area contributed by atoms with Gasteiger partial charge in [-0.05, 0) is 54.8 Å². The summed E-state index contributed by atoms with van der Waals surface area (Å²) in [7, 11) is 0. The summed E-state index contributed by atoms with van der Waals surface area (Å²) in [5.41, 5.74) is 3.46. The SMILES string of the molecule is Cc1cc(-c2cc([C@@H]3CCN(C(=O)C4CC(=O)C4)C3)ccn2)ccc1F. The maximum atomic E-state index is 13.5. The molecular formula is C21H21FN2O2. The zero-order valence-corrected chi connectivity index (χ0v) is 14.7. The summed E-state index contributed by atoms with van der Waals surface area (Å²) >= 11 is 0. The molecule has 1 amide bonds. The lowest BCUT2D eigenvalue weighted by Crippen LogP contribution is -2.40. The van der Waals surface area contributed by atoms with Crippen LogP contribution in [0.2, 0.25) is 0 Å². The first-order chi connectivity index (χ1) is 12.5. The number of aryl methyl sites for hydroxylation is 1. The third-order valence-electron chi connectivity index (χ3n) is 5.51. The van der Waals surface area contributed by atoms with Gasteiger partial charge in [-0.2, -0.15) is 0 Å². The Hall–Kier alpha value is -2.56. The first-order valence-electron chi connectivity index (χ1n) is 9.04. The van der Waals surface area contributed by atoms with E-state index in [2.05, 4.69) is 4.98 Å². The number of likely N-dealkylation sites (tertiary alicyclic amines) is 1. The average Bonchev–Trinajstić information content (AvgIpc) is 3.11. The fourth-order valence-electron chi connectivity index (χ4n) is 3.82. The van der Waals surface area contributed by atoms with Crippen LogP contribution >= 0.6 is 0 Å². The van der Waals surface area contributed by atoms with Crippen LogP contribution in [0.1, 0.15) is 36.3 Å². The van der Waals surface area contributed by atoms with Gasteiger partial charge in [0.05, 0.1) is 11.6 Å². The summed E-state index contributed by atoms with van der Waals surface area (Å²) in [5.74, 6) is 0.266. The van der Waals surface area contributed by atoms with Crippen molar-refractivity contribution in [3.8, 4) is 11.3 Å². The Morgan fingerprint density at radius 2 is 2.04 bits per heavy atom. The molecule has 2 aromatic rings. The van der Waals surface area contributed by atoms with Crippen LogP contribution in [-0.2, 0) is 9.59 Å². The summed E-state index contributed by atoms with van der Waals surface area (Å²) < 4.78 is 13.5. The number of pyridine rings is 1. The van der Waals surface area contributed by atoms with Crippen molar-refractivity contribution in [2.75, 3.05) is 13.1 Å². The number of nitrogens with zero attached hydrogens (tertiary/aromatic N) is 2. The predicted molar refractivity (Wildman–Crippen MR) is 96.0 cm³/mol. The van der Waals surface area contributed by atoms with Crippen molar-refractivity contribution in [1.82, 2.24) is 9.88 Å². The number of carbonyl (C=O) groups is 2. The minimum atomic E-state index is -0.218. The molecule has 134 valence electrons. The van der Waals surface area contributed by atoms with Gasteiger partial charge in [-0.3, -0.25) is 14.6 Å². The second kappa shape index (κ2) is 6.63. The molecule has 26 heavy (non-hydrogen) atoms. The van der Waals surface area contributed by atoms with Crippen LogP contribution in [0.4, 0.5) is 4.39 Å². The summed E-state index contributed by atoms with van der Waals surface area (Å²) in [6.07, 6.45) is 3.50. The van der Waals surface area contributed by atoms with E-state index in [0.29, 0.717) is 24.9 Å². The summed E-state index contributed by atoms with van der Waals surface area (Å²) in [4.78, 5) is 29.9. The molecule has 0 bridgehead atoms. The second-order valence-electron chi connectivity index (χ2n) is 7.35. The number of carbonyl (C=O) groups excluding carboxylic acids is 2. The van der Waals surface area contributed by atoms with Gasteiger partial charge in [-0.15, -0.1) is 0 Å². The molecule has 2 fully saturated rings. The lowest BCUT2D eigenvalue weighted by Gasteiger charge is -2.28. The molecule has 1 aromatic carbocycles. The summed E-state index contributed by atoms with van der Waals surface area (Å²) in [6.45, 7) is 3.17. The maximum Gasteiger partial charge on any atom is 0.226 e. The highest BCUT2D eigenvalue weighted by Crippen LogP contribution is 2.33. The fourth-order valence-corrected chi connectivity index (χ4v) is 3.82. The molecule has 1 aliphatic carbocycles. The molecule has 0 unspecified atom stereocenters. The van der Waals surface area contributed by atoms with Crippen LogP contribution in [0.5, 0.6) is 0 Å². The number of Topliss-reactive ketones (excluding diaryl/α,β-unsaturated/α-hetero) is 1. The van der Waals surface area contributed by atoms with Crippen molar-refractivity contribution in [2.45, 2.75) is 32.1 Å². The lowest BCUT2D eigenvalue weighted by atomic mass is 9.83. The third kappa shape index (κ3) is 3.14. The molecule has 0 radical (unpaired) electrons. The quantitative estimate of drug-likeness (QED) is 0.850. The van der Waals surface area contributed by atoms with Crippen LogP contribution in [0.25, 0.3) is 11.3 Å². The zero-order valence-electron chi connectivity index (χ0n) is 14.7. The van der Waals surface area contributed by atoms with E-state index in [0.717, 1.165) is 29.8 Å². The number of hydrogen-bond acceptors (Lipinski definition) is 3. The van der Waals surface area contributed by atoms with E-state index in [1.54, 1.807) is 25.3 Å². The number of halogens is 1. The number of aromatic nitrogens is 1. The number of ketones is 1. The highest BCUT2D eigenvalue weighted by atomic mass is 19.1. The van der Waals surface area contributed by atoms with Crippen molar-refractivity contribution in [1.29, 1.82) is 0 Å². The van der Waals surface area contributed by atoms with Crippen molar-refractivity contribution < 1.29 is 14.0 Å². The van der Waals surface area contributed by atoms with E-state index >= 15 is 0 Å². The normalized spacial score (nSPS) is 20.3. The van der Waals surface area contributed by atoms with Crippen molar-refractivity contribution in [2.24, 2.45) is 5.92 Å². The first kappa shape index (κ1) is 16.9. The molecule has 1 atom stereocenters. The van der Waals surface area contributed by atoms with Gasteiger partial charge in [0.1, 0.15) is 11.6 Å². The highest BCUT2D eigenvalue weighted by molar-refractivity contribution is 5.96. The molecule has 4 rings (SSSR count). The largest absolute Gasteiger partial charge is 0.342 e. The van der Waals surface area contributed by atoms with Crippen molar-refractivity contribution in [3.63, 3.8) is 0 Å². The second-order valence-corrected chi connectivity index (χ2v) is 7.35. The van der Waals surface area contributed by atoms with Gasteiger partial charge in [0.25, 0.3) is 0 Å². The minimum absolute atomic E-state index is 0.101. The Bertz CT molecular complexity index is 872. The molecule has 2 aliphatic rings. The molecule has 5 heteroatoms. The van der Waals surface area contributed by atoms with Gasteiger partial charge in [0.15, 0.2) is 0 Å². The molecule has 1 aromatic heterocycles. The Morgan fingerprint density at radius 3 is 2.77 bits per heavy atom. The summed E-state index contributed by atoms with van der Waals surface area (Å²) in [6, 6.07) is 9.05. The van der Waals surface area contributed by atoms with Gasteiger partial charge in [-0.25, -0.2) is 4.39 Å². The van der Waals surface area contributed by atoms with Crippen molar-refractivity contribution in [3.05, 3.63) is 53.5 Å². The standard InChI is InChI=1S/C21H21FN2O2/c1-13-8-15(2-3-19(13)22)20-11-14(4-6-23-20)16-5-7-24(12-16)21(26)17-9-18(25)10-17/h2-4,6,8,11,16-17H,5,7,9-10,12H2,1H3/t16-/m1/s1. The van der Waals surface area contributed by atoms with E-state index in [9.17, 15) is 14.0 Å². The molecule has 1 aliphatic heterocycles. The predicted octanol–water partition coefficient (Wildman–Crippen LogP) is 3.49. The van der Waals surface area contributed by atoms with Crippen LogP contribution in [-0.4, -0.2) is 34.7 Å². The van der Waals surface area contributed by atoms with Crippen LogP contribution in [0, 0.1) is 18.7 Å². The lowest BCUT2D eigenvalue weighted by molar-refractivity contribution is -0.144. The van der Waals surface area contributed by atoms with E-state index in [1.807, 2.05) is 17.0 Å². The molecule has 1 saturated heterocycles. The number of benzene rings is 1. The number of hydrogen-bond donors (Lipinski definition) is 0. The number of amides is 1. The summed E-state index contributed by atoms with van der Waals surface area (Å²) in [5, 5.41) is 0. The fraction of sp³-hybridized carbons (Fsp3) is 0.381. The van der Waals surface area contributed by atoms with Crippen molar-refractivity contribution >= 4 is 11.7 Å². The van der Waals surface area contributed by atoms with Crippen LogP contribution in [0.15, 0.2) is 36.5 Å². The average molecular weight is 352 g/mol. The van der Waals surface area contributed by atoms with Crippen LogP contribution in [0.3, 0.4) is 0 Å². The van der Waals surface area contributed by atoms with Gasteiger partial charge < -0.3 is 4.90 Å². The molecule has 0 spiro atoms. The van der Waals surface area contributed by atoms with E-state index in [1.165, 1.54) is 6.07 Å². The Morgan fingerprint density at radius 1 is 1.23 bits per heavy atom. The molecular weight excluding hydrogens is 331 g/mol. The van der Waals surface area contributed by atoms with Crippen LogP contribution < -0.4 is 0 Å². The number of rotatable bonds is 3. The molecule has 1 saturated carbocycles. The van der Waals surface area contributed by atoms with Gasteiger partial charge >= 0.3 is 0 Å². The first-order valence-corrected chi connectivity index (χ1v) is 9.04. The smallest absolute Gasteiger partial charge is 0.226 e. The Labute approximate surface area is 152 Å². The van der Waals surface area contributed by atoms with E-state index in [-0.39, 0.29) is 29.3 Å². The topological polar surface area (TPSA) is 50.3 Å². The molecule has 2 heterocycles. The van der Waals surface area contributed by atoms with E-state index < -0.39 is 0 Å². The minimum Gasteiger partial charge on any atom is -0.342 e. The zero-order chi connectivity index (χ0) is 18.3. The maximum absolute atomic E-state index is 13.5. The molecule has 0 N–H and O–H groups in total. The third-order valence-corrected chi connectivity index (χ3v) is 5.51. The highest BCUT2D eigenvalue weighted by Gasteiger charge is 2.38. The van der Waals surface area contributed by atoms with Gasteiger partial charge in [-0.1, -0.05) is 0 Å².